The van der Waals surface area contributed by atoms with Crippen molar-refractivity contribution >= 4 is 5.91 Å². The number of aliphatic hydroxyl groups is 8. The van der Waals surface area contributed by atoms with Crippen molar-refractivity contribution in [2.45, 2.75) is 274 Å². The molecule has 0 aromatic heterocycles. The number of carbonyl (C=O) groups excluding carboxylic acids is 1. The van der Waals surface area contributed by atoms with Crippen molar-refractivity contribution in [1.82, 2.24) is 5.32 Å². The average Bonchev–Trinajstić information content (AvgIpc) is 3.26. The van der Waals surface area contributed by atoms with Crippen molar-refractivity contribution < 1.29 is 64.6 Å². The van der Waals surface area contributed by atoms with Crippen LogP contribution in [0.1, 0.15) is 200 Å². The van der Waals surface area contributed by atoms with Gasteiger partial charge < -0.3 is 65.1 Å². The summed E-state index contributed by atoms with van der Waals surface area (Å²) in [5.41, 5.74) is 0. The third-order valence-electron chi connectivity index (χ3n) is 12.6. The minimum absolute atomic E-state index is 0.218. The number of ether oxygens (including phenoxy) is 4. The average molecular weight is 878 g/mol. The summed E-state index contributed by atoms with van der Waals surface area (Å²) in [7, 11) is 0. The predicted molar refractivity (Wildman–Crippen MR) is 236 cm³/mol. The van der Waals surface area contributed by atoms with Crippen molar-refractivity contribution in [3.8, 4) is 0 Å². The highest BCUT2D eigenvalue weighted by Gasteiger charge is 2.51. The van der Waals surface area contributed by atoms with Gasteiger partial charge in [-0.25, -0.2) is 0 Å². The first kappa shape index (κ1) is 56.1. The molecule has 1 amide bonds. The molecule has 61 heavy (non-hydrogen) atoms. The van der Waals surface area contributed by atoms with Gasteiger partial charge in [0.1, 0.15) is 48.8 Å². The first-order valence-electron chi connectivity index (χ1n) is 24.8. The quantitative estimate of drug-likeness (QED) is 0.0334. The number of rotatable bonds is 38. The molecule has 0 radical (unpaired) electrons. The Morgan fingerprint density at radius 2 is 0.934 bits per heavy atom. The lowest BCUT2D eigenvalue weighted by atomic mass is 9.97. The summed E-state index contributed by atoms with van der Waals surface area (Å²) in [5, 5.41) is 86.4. The van der Waals surface area contributed by atoms with Crippen molar-refractivity contribution in [1.29, 1.82) is 0 Å². The molecular weight excluding hydrogens is 787 g/mol. The van der Waals surface area contributed by atoms with Gasteiger partial charge in [0.25, 0.3) is 0 Å². The van der Waals surface area contributed by atoms with Crippen LogP contribution in [0.4, 0.5) is 0 Å². The van der Waals surface area contributed by atoms with Crippen LogP contribution in [0.5, 0.6) is 0 Å². The fourth-order valence-corrected chi connectivity index (χ4v) is 8.47. The smallest absolute Gasteiger partial charge is 0.220 e. The molecule has 12 unspecified atom stereocenters. The standard InChI is InChI=1S/C47H91NO13/c1-3-5-7-9-10-11-12-13-14-15-16-17-18-19-20-21-22-23-24-25-27-28-30-36(51)35(48-39(52)31-29-26-8-6-4-2)34-58-46-44(57)42(55)45(38(33-50)60-46)61-47-43(56)41(54)40(53)37(32-49)59-47/h35-38,40-47,49-51,53-57H,3-34H2,1-2H3,(H,48,52). The van der Waals surface area contributed by atoms with E-state index >= 15 is 0 Å². The summed E-state index contributed by atoms with van der Waals surface area (Å²) in [6.45, 7) is 2.76. The highest BCUT2D eigenvalue weighted by Crippen LogP contribution is 2.30. The lowest BCUT2D eigenvalue weighted by Gasteiger charge is -2.46. The van der Waals surface area contributed by atoms with Gasteiger partial charge in [-0.1, -0.05) is 181 Å². The van der Waals surface area contributed by atoms with Crippen molar-refractivity contribution in [2.24, 2.45) is 0 Å². The van der Waals surface area contributed by atoms with Crippen LogP contribution in [-0.4, -0.2) is 140 Å². The third kappa shape index (κ3) is 23.1. The van der Waals surface area contributed by atoms with E-state index < -0.39 is 86.8 Å². The maximum atomic E-state index is 12.9. The molecule has 9 N–H and O–H groups in total. The zero-order valence-corrected chi connectivity index (χ0v) is 38.2. The van der Waals surface area contributed by atoms with Crippen LogP contribution in [0.3, 0.4) is 0 Å². The van der Waals surface area contributed by atoms with Gasteiger partial charge in [-0.3, -0.25) is 4.79 Å². The summed E-state index contributed by atoms with van der Waals surface area (Å²) in [4.78, 5) is 12.9. The molecule has 14 heteroatoms. The Labute approximate surface area is 368 Å². The van der Waals surface area contributed by atoms with E-state index in [1.165, 1.54) is 116 Å². The van der Waals surface area contributed by atoms with Crippen LogP contribution >= 0.6 is 0 Å². The molecule has 0 bridgehead atoms. The van der Waals surface area contributed by atoms with Crippen molar-refractivity contribution in [3.05, 3.63) is 0 Å². The van der Waals surface area contributed by atoms with E-state index in [9.17, 15) is 45.6 Å². The highest BCUT2D eigenvalue weighted by atomic mass is 16.7. The molecule has 12 atom stereocenters. The van der Waals surface area contributed by atoms with Gasteiger partial charge in [0.2, 0.25) is 5.91 Å². The van der Waals surface area contributed by atoms with Gasteiger partial charge in [0.05, 0.1) is 32.0 Å². The minimum Gasteiger partial charge on any atom is -0.394 e. The molecule has 2 heterocycles. The first-order valence-corrected chi connectivity index (χ1v) is 24.8. The molecule has 2 aliphatic heterocycles. The summed E-state index contributed by atoms with van der Waals surface area (Å²) < 4.78 is 22.6. The number of hydrogen-bond acceptors (Lipinski definition) is 13. The van der Waals surface area contributed by atoms with Crippen LogP contribution in [-0.2, 0) is 23.7 Å². The highest BCUT2D eigenvalue weighted by molar-refractivity contribution is 5.76. The molecular formula is C47H91NO13. The molecule has 362 valence electrons. The van der Waals surface area contributed by atoms with Crippen LogP contribution in [0, 0.1) is 0 Å². The van der Waals surface area contributed by atoms with E-state index in [0.29, 0.717) is 12.8 Å². The van der Waals surface area contributed by atoms with Gasteiger partial charge >= 0.3 is 0 Å². The summed E-state index contributed by atoms with van der Waals surface area (Å²) in [6.07, 6.45) is 17.5. The molecule has 0 aliphatic carbocycles. The molecule has 2 fully saturated rings. The van der Waals surface area contributed by atoms with E-state index in [4.69, 9.17) is 18.9 Å². The lowest BCUT2D eigenvalue weighted by molar-refractivity contribution is -0.359. The Bertz CT molecular complexity index is 1040. The van der Waals surface area contributed by atoms with Crippen LogP contribution in [0.15, 0.2) is 0 Å². The number of carbonyl (C=O) groups is 1. The van der Waals surface area contributed by atoms with Crippen LogP contribution in [0.25, 0.3) is 0 Å². The van der Waals surface area contributed by atoms with Crippen molar-refractivity contribution in [2.75, 3.05) is 19.8 Å². The Kier molecular flexibility index (Phi) is 32.5. The molecule has 0 saturated carbocycles. The predicted octanol–water partition coefficient (Wildman–Crippen LogP) is 5.83. The third-order valence-corrected chi connectivity index (χ3v) is 12.6. The molecule has 0 aromatic carbocycles. The second kappa shape index (κ2) is 35.3. The number of aliphatic hydroxyl groups excluding tert-OH is 8. The second-order valence-electron chi connectivity index (χ2n) is 18.0. The molecule has 2 rings (SSSR count). The normalized spacial score (nSPS) is 27.9. The topological polar surface area (TPSA) is 228 Å². The van der Waals surface area contributed by atoms with E-state index in [1.807, 2.05) is 0 Å². The summed E-state index contributed by atoms with van der Waals surface area (Å²) >= 11 is 0. The largest absolute Gasteiger partial charge is 0.394 e. The van der Waals surface area contributed by atoms with Crippen LogP contribution < -0.4 is 5.32 Å². The van der Waals surface area contributed by atoms with Gasteiger partial charge in [0.15, 0.2) is 12.6 Å². The van der Waals surface area contributed by atoms with E-state index in [0.717, 1.165) is 57.8 Å². The maximum absolute atomic E-state index is 12.9. The van der Waals surface area contributed by atoms with Crippen molar-refractivity contribution in [3.63, 3.8) is 0 Å². The Morgan fingerprint density at radius 1 is 0.525 bits per heavy atom. The van der Waals surface area contributed by atoms with Gasteiger partial charge in [-0.2, -0.15) is 0 Å². The molecule has 0 spiro atoms. The van der Waals surface area contributed by atoms with Gasteiger partial charge in [0, 0.05) is 6.42 Å². The monoisotopic (exact) mass is 878 g/mol. The Hall–Kier alpha value is -1.01. The van der Waals surface area contributed by atoms with E-state index in [1.54, 1.807) is 0 Å². The summed E-state index contributed by atoms with van der Waals surface area (Å²) in [6, 6.07) is -0.818. The number of hydrogen-bond donors (Lipinski definition) is 9. The maximum Gasteiger partial charge on any atom is 0.220 e. The molecule has 2 aliphatic rings. The van der Waals surface area contributed by atoms with Gasteiger partial charge in [-0.15, -0.1) is 0 Å². The fourth-order valence-electron chi connectivity index (χ4n) is 8.47. The second-order valence-corrected chi connectivity index (χ2v) is 18.0. The Morgan fingerprint density at radius 3 is 1.39 bits per heavy atom. The Balaban J connectivity index is 1.71. The summed E-state index contributed by atoms with van der Waals surface area (Å²) in [5.74, 6) is -0.218. The first-order chi connectivity index (χ1) is 29.6. The van der Waals surface area contributed by atoms with Gasteiger partial charge in [-0.05, 0) is 12.8 Å². The molecule has 0 aromatic rings. The fraction of sp³-hybridized carbons (Fsp3) is 0.979. The minimum atomic E-state index is -1.78. The number of unbranched alkanes of at least 4 members (excludes halogenated alkanes) is 25. The zero-order valence-electron chi connectivity index (χ0n) is 38.2. The lowest BCUT2D eigenvalue weighted by Crippen LogP contribution is -2.65. The number of nitrogens with one attached hydrogen (secondary N) is 1. The molecule has 14 nitrogen and oxygen atoms in total. The van der Waals surface area contributed by atoms with Crippen LogP contribution in [0.2, 0.25) is 0 Å². The SMILES string of the molecule is CCCCCCCCCCCCCCCCCCCCCCCCC(O)C(COC1OC(CO)C(OC2OC(CO)C(O)C(O)C2O)C(O)C1O)NC(=O)CCCCCCC. The molecule has 2 saturated heterocycles. The van der Waals surface area contributed by atoms with E-state index in [-0.39, 0.29) is 12.5 Å². The zero-order chi connectivity index (χ0) is 44.7. The van der Waals surface area contributed by atoms with E-state index in [2.05, 4.69) is 19.2 Å². The number of amides is 1.